The average molecular weight is 382 g/mol. The van der Waals surface area contributed by atoms with Crippen molar-refractivity contribution in [3.05, 3.63) is 70.6 Å². The Morgan fingerprint density at radius 3 is 2.78 bits per heavy atom. The molecule has 2 aromatic carbocycles. The lowest BCUT2D eigenvalue weighted by atomic mass is 10.1. The summed E-state index contributed by atoms with van der Waals surface area (Å²) in [5, 5.41) is 4.64. The molecule has 0 radical (unpaired) electrons. The van der Waals surface area contributed by atoms with E-state index in [1.54, 1.807) is 6.07 Å². The highest BCUT2D eigenvalue weighted by Crippen LogP contribution is 2.33. The Bertz CT molecular complexity index is 952. The maximum Gasteiger partial charge on any atom is 0.249 e. The number of carbonyl (C=O) groups is 1. The first-order chi connectivity index (χ1) is 13.1. The van der Waals surface area contributed by atoms with Crippen molar-refractivity contribution in [2.45, 2.75) is 32.2 Å². The van der Waals surface area contributed by atoms with E-state index >= 15 is 0 Å². The van der Waals surface area contributed by atoms with Crippen LogP contribution >= 0.6 is 11.6 Å². The summed E-state index contributed by atoms with van der Waals surface area (Å²) in [4.78, 5) is 19.2. The number of aromatic nitrogens is 2. The molecule has 1 fully saturated rings. The zero-order chi connectivity index (χ0) is 18.8. The van der Waals surface area contributed by atoms with Crippen LogP contribution in [0.5, 0.6) is 0 Å². The molecule has 0 saturated carbocycles. The summed E-state index contributed by atoms with van der Waals surface area (Å²) < 4.78 is 5.49. The van der Waals surface area contributed by atoms with Crippen LogP contribution in [-0.2, 0) is 11.2 Å². The van der Waals surface area contributed by atoms with Gasteiger partial charge in [-0.05, 0) is 37.5 Å². The van der Waals surface area contributed by atoms with Crippen molar-refractivity contribution >= 4 is 17.5 Å². The first-order valence-corrected chi connectivity index (χ1v) is 9.43. The number of halogens is 1. The fraction of sp³-hybridized carbons (Fsp3) is 0.286. The van der Waals surface area contributed by atoms with Gasteiger partial charge < -0.3 is 9.42 Å². The van der Waals surface area contributed by atoms with Gasteiger partial charge in [0, 0.05) is 12.1 Å². The molecule has 0 spiro atoms. The molecule has 3 aromatic rings. The summed E-state index contributed by atoms with van der Waals surface area (Å²) in [6.07, 6.45) is 2.13. The van der Waals surface area contributed by atoms with E-state index in [2.05, 4.69) is 10.1 Å². The van der Waals surface area contributed by atoms with Crippen LogP contribution in [0.2, 0.25) is 5.02 Å². The van der Waals surface area contributed by atoms with Crippen LogP contribution in [0.1, 0.15) is 35.9 Å². The molecule has 0 unspecified atom stereocenters. The molecule has 5 nitrogen and oxygen atoms in total. The van der Waals surface area contributed by atoms with Crippen molar-refractivity contribution in [1.82, 2.24) is 15.0 Å². The molecule has 27 heavy (non-hydrogen) atoms. The molecule has 1 amide bonds. The number of nitrogens with zero attached hydrogens (tertiary/aromatic N) is 3. The van der Waals surface area contributed by atoms with E-state index in [0.717, 1.165) is 24.0 Å². The topological polar surface area (TPSA) is 59.2 Å². The zero-order valence-electron chi connectivity index (χ0n) is 15.1. The molecule has 4 rings (SSSR count). The Morgan fingerprint density at radius 1 is 1.22 bits per heavy atom. The van der Waals surface area contributed by atoms with Crippen molar-refractivity contribution < 1.29 is 9.32 Å². The van der Waals surface area contributed by atoms with Gasteiger partial charge in [0.25, 0.3) is 0 Å². The largest absolute Gasteiger partial charge is 0.337 e. The average Bonchev–Trinajstić information content (AvgIpc) is 3.33. The minimum Gasteiger partial charge on any atom is -0.337 e. The van der Waals surface area contributed by atoms with E-state index in [-0.39, 0.29) is 11.9 Å². The van der Waals surface area contributed by atoms with E-state index < -0.39 is 0 Å². The molecular formula is C21H20ClN3O2. The van der Waals surface area contributed by atoms with Gasteiger partial charge in [-0.3, -0.25) is 4.79 Å². The standard InChI is InChI=1S/C21H20ClN3O2/c1-14-8-10-15(11-9-14)13-19(26)25-12-4-7-18(25)21-23-20(24-27-21)16-5-2-3-6-17(16)22/h2-3,5-6,8-11,18H,4,7,12-13H2,1H3/t18-/m1/s1. The Labute approximate surface area is 163 Å². The summed E-state index contributed by atoms with van der Waals surface area (Å²) >= 11 is 6.22. The van der Waals surface area contributed by atoms with Gasteiger partial charge in [0.05, 0.1) is 11.4 Å². The predicted molar refractivity (Wildman–Crippen MR) is 103 cm³/mol. The van der Waals surface area contributed by atoms with Gasteiger partial charge in [-0.2, -0.15) is 4.98 Å². The highest BCUT2D eigenvalue weighted by molar-refractivity contribution is 6.33. The van der Waals surface area contributed by atoms with Crippen LogP contribution < -0.4 is 0 Å². The van der Waals surface area contributed by atoms with Crippen LogP contribution in [0.15, 0.2) is 53.1 Å². The maximum atomic E-state index is 12.8. The molecule has 6 heteroatoms. The number of benzene rings is 2. The summed E-state index contributed by atoms with van der Waals surface area (Å²) in [5.41, 5.74) is 2.92. The summed E-state index contributed by atoms with van der Waals surface area (Å²) in [7, 11) is 0. The second-order valence-electron chi connectivity index (χ2n) is 6.84. The molecule has 1 atom stereocenters. The van der Waals surface area contributed by atoms with E-state index in [0.29, 0.717) is 29.7 Å². The molecule has 0 N–H and O–H groups in total. The minimum atomic E-state index is -0.174. The van der Waals surface area contributed by atoms with Crippen molar-refractivity contribution in [1.29, 1.82) is 0 Å². The molecule has 138 valence electrons. The highest BCUT2D eigenvalue weighted by Gasteiger charge is 2.34. The van der Waals surface area contributed by atoms with Crippen molar-refractivity contribution in [2.24, 2.45) is 0 Å². The number of hydrogen-bond acceptors (Lipinski definition) is 4. The normalized spacial score (nSPS) is 16.7. The minimum absolute atomic E-state index is 0.0823. The second kappa shape index (κ2) is 7.53. The molecule has 2 heterocycles. The van der Waals surface area contributed by atoms with Gasteiger partial charge >= 0.3 is 0 Å². The van der Waals surface area contributed by atoms with E-state index in [9.17, 15) is 4.79 Å². The smallest absolute Gasteiger partial charge is 0.249 e. The fourth-order valence-corrected chi connectivity index (χ4v) is 3.65. The third-order valence-corrected chi connectivity index (χ3v) is 5.22. The first-order valence-electron chi connectivity index (χ1n) is 9.05. The van der Waals surface area contributed by atoms with Gasteiger partial charge in [0.2, 0.25) is 17.6 Å². The summed E-state index contributed by atoms with van der Waals surface area (Å²) in [6.45, 7) is 2.74. The number of aryl methyl sites for hydroxylation is 1. The van der Waals surface area contributed by atoms with Gasteiger partial charge in [0.1, 0.15) is 6.04 Å². The number of amides is 1. The molecule has 0 aliphatic carbocycles. The number of likely N-dealkylation sites (tertiary alicyclic amines) is 1. The molecule has 0 bridgehead atoms. The Kier molecular flexibility index (Phi) is 4.94. The van der Waals surface area contributed by atoms with Gasteiger partial charge in [0.15, 0.2) is 0 Å². The Hall–Kier alpha value is -2.66. The lowest BCUT2D eigenvalue weighted by Crippen LogP contribution is -2.32. The number of rotatable bonds is 4. The molecular weight excluding hydrogens is 362 g/mol. The van der Waals surface area contributed by atoms with E-state index in [4.69, 9.17) is 16.1 Å². The third kappa shape index (κ3) is 3.74. The molecule has 1 aliphatic heterocycles. The molecule has 1 aliphatic rings. The Morgan fingerprint density at radius 2 is 2.00 bits per heavy atom. The predicted octanol–water partition coefficient (Wildman–Crippen LogP) is 4.60. The van der Waals surface area contributed by atoms with E-state index in [1.165, 1.54) is 5.56 Å². The van der Waals surface area contributed by atoms with Gasteiger partial charge in [-0.1, -0.05) is 58.7 Å². The first kappa shape index (κ1) is 17.7. The van der Waals surface area contributed by atoms with Crippen LogP contribution in [-0.4, -0.2) is 27.5 Å². The lowest BCUT2D eigenvalue weighted by molar-refractivity contribution is -0.131. The quantitative estimate of drug-likeness (QED) is 0.662. The lowest BCUT2D eigenvalue weighted by Gasteiger charge is -2.22. The van der Waals surface area contributed by atoms with Crippen LogP contribution in [0, 0.1) is 6.92 Å². The van der Waals surface area contributed by atoms with Crippen LogP contribution in [0.4, 0.5) is 0 Å². The highest BCUT2D eigenvalue weighted by atomic mass is 35.5. The monoisotopic (exact) mass is 381 g/mol. The zero-order valence-corrected chi connectivity index (χ0v) is 15.8. The maximum absolute atomic E-state index is 12.8. The molecule has 1 aromatic heterocycles. The summed E-state index contributed by atoms with van der Waals surface area (Å²) in [5.74, 6) is 1.01. The number of hydrogen-bond donors (Lipinski definition) is 0. The van der Waals surface area contributed by atoms with Crippen LogP contribution in [0.25, 0.3) is 11.4 Å². The Balaban J connectivity index is 1.52. The van der Waals surface area contributed by atoms with Crippen LogP contribution in [0.3, 0.4) is 0 Å². The SMILES string of the molecule is Cc1ccc(CC(=O)N2CCC[C@@H]2c2nc(-c3ccccc3Cl)no2)cc1. The molecule has 1 saturated heterocycles. The van der Waals surface area contributed by atoms with E-state index in [1.807, 2.05) is 54.3 Å². The third-order valence-electron chi connectivity index (χ3n) is 4.89. The fourth-order valence-electron chi connectivity index (χ4n) is 3.43. The number of carbonyl (C=O) groups excluding carboxylic acids is 1. The van der Waals surface area contributed by atoms with Gasteiger partial charge in [-0.25, -0.2) is 0 Å². The summed E-state index contributed by atoms with van der Waals surface area (Å²) in [6, 6.07) is 15.3. The van der Waals surface area contributed by atoms with Crippen molar-refractivity contribution in [2.75, 3.05) is 6.54 Å². The van der Waals surface area contributed by atoms with Crippen molar-refractivity contribution in [3.63, 3.8) is 0 Å². The van der Waals surface area contributed by atoms with Crippen molar-refractivity contribution in [3.8, 4) is 11.4 Å². The second-order valence-corrected chi connectivity index (χ2v) is 7.25. The van der Waals surface area contributed by atoms with Gasteiger partial charge in [-0.15, -0.1) is 0 Å².